The first-order valence-electron chi connectivity index (χ1n) is 8.25. The molecule has 0 spiro atoms. The van der Waals surface area contributed by atoms with Gasteiger partial charge in [0.15, 0.2) is 0 Å². The summed E-state index contributed by atoms with van der Waals surface area (Å²) < 4.78 is 0. The van der Waals surface area contributed by atoms with Crippen molar-refractivity contribution in [3.63, 3.8) is 0 Å². The highest BCUT2D eigenvalue weighted by molar-refractivity contribution is 5.80. The molecule has 21 heavy (non-hydrogen) atoms. The van der Waals surface area contributed by atoms with E-state index in [1.807, 2.05) is 13.0 Å². The van der Waals surface area contributed by atoms with Gasteiger partial charge in [0.25, 0.3) is 0 Å². The lowest BCUT2D eigenvalue weighted by molar-refractivity contribution is -0.104. The number of hydrogen-bond acceptors (Lipinski definition) is 1. The van der Waals surface area contributed by atoms with Gasteiger partial charge in [-0.25, -0.2) is 0 Å². The Labute approximate surface area is 129 Å². The van der Waals surface area contributed by atoms with Crippen molar-refractivity contribution in [3.05, 3.63) is 41.0 Å². The van der Waals surface area contributed by atoms with Gasteiger partial charge in [-0.15, -0.1) is 0 Å². The number of aldehydes is 1. The van der Waals surface area contributed by atoms with Gasteiger partial charge in [-0.2, -0.15) is 0 Å². The summed E-state index contributed by atoms with van der Waals surface area (Å²) in [5.41, 5.74) is 3.53. The van der Waals surface area contributed by atoms with Crippen molar-refractivity contribution in [2.24, 2.45) is 5.92 Å². The summed E-state index contributed by atoms with van der Waals surface area (Å²) in [6.07, 6.45) is 11.2. The Morgan fingerprint density at radius 3 is 2.33 bits per heavy atom. The van der Waals surface area contributed by atoms with Crippen molar-refractivity contribution in [3.8, 4) is 0 Å². The van der Waals surface area contributed by atoms with Crippen molar-refractivity contribution >= 4 is 12.4 Å². The fourth-order valence-electron chi connectivity index (χ4n) is 3.56. The molecule has 1 aromatic carbocycles. The number of carbonyl (C=O) groups excluding carboxylic acids is 1. The van der Waals surface area contributed by atoms with Crippen LogP contribution in [0.3, 0.4) is 0 Å². The highest BCUT2D eigenvalue weighted by atomic mass is 16.1. The largest absolute Gasteiger partial charge is 0.298 e. The third-order valence-corrected chi connectivity index (χ3v) is 4.80. The molecule has 0 heterocycles. The van der Waals surface area contributed by atoms with Gasteiger partial charge >= 0.3 is 0 Å². The van der Waals surface area contributed by atoms with Gasteiger partial charge < -0.3 is 0 Å². The third-order valence-electron chi connectivity index (χ3n) is 4.80. The average molecular weight is 284 g/mol. The Balaban J connectivity index is 2.07. The predicted octanol–water partition coefficient (Wildman–Crippen LogP) is 5.54. The van der Waals surface area contributed by atoms with Crippen LogP contribution in [-0.2, 0) is 10.2 Å². The lowest BCUT2D eigenvalue weighted by atomic mass is 9.73. The molecule has 114 valence electrons. The summed E-state index contributed by atoms with van der Waals surface area (Å²) in [5.74, 6) is 0.894. The Morgan fingerprint density at radius 1 is 1.14 bits per heavy atom. The fourth-order valence-corrected chi connectivity index (χ4v) is 3.56. The lowest BCUT2D eigenvalue weighted by Crippen LogP contribution is -2.23. The molecule has 0 N–H and O–H groups in total. The minimum absolute atomic E-state index is 0.240. The molecule has 0 aliphatic heterocycles. The highest BCUT2D eigenvalue weighted by Gasteiger charge is 2.26. The zero-order chi connectivity index (χ0) is 15.3. The van der Waals surface area contributed by atoms with E-state index in [1.54, 1.807) is 0 Å². The van der Waals surface area contributed by atoms with Crippen molar-refractivity contribution in [1.29, 1.82) is 0 Å². The van der Waals surface area contributed by atoms with Crippen LogP contribution in [0.1, 0.15) is 70.4 Å². The minimum Gasteiger partial charge on any atom is -0.298 e. The number of rotatable bonds is 5. The smallest absolute Gasteiger partial charge is 0.145 e. The lowest BCUT2D eigenvalue weighted by Gasteiger charge is -2.32. The Bertz CT molecular complexity index is 487. The van der Waals surface area contributed by atoms with Crippen molar-refractivity contribution in [2.45, 2.75) is 64.7 Å². The molecular weight excluding hydrogens is 256 g/mol. The molecule has 1 saturated carbocycles. The molecule has 1 nitrogen and oxygen atoms in total. The number of benzene rings is 1. The van der Waals surface area contributed by atoms with Gasteiger partial charge in [-0.3, -0.25) is 4.79 Å². The second-order valence-electron chi connectivity index (χ2n) is 7.22. The number of allylic oxidation sites excluding steroid dienone is 1. The zero-order valence-corrected chi connectivity index (χ0v) is 13.7. The van der Waals surface area contributed by atoms with Crippen LogP contribution in [0.25, 0.3) is 6.08 Å². The average Bonchev–Trinajstić information content (AvgIpc) is 2.48. The molecule has 0 radical (unpaired) electrons. The van der Waals surface area contributed by atoms with Crippen molar-refractivity contribution < 1.29 is 4.79 Å². The molecule has 1 heteroatoms. The maximum Gasteiger partial charge on any atom is 0.145 e. The topological polar surface area (TPSA) is 17.1 Å². The molecule has 0 aromatic heterocycles. The van der Waals surface area contributed by atoms with E-state index in [0.717, 1.165) is 23.3 Å². The van der Waals surface area contributed by atoms with Gasteiger partial charge in [0.1, 0.15) is 6.29 Å². The van der Waals surface area contributed by atoms with E-state index < -0.39 is 0 Å². The van der Waals surface area contributed by atoms with Gasteiger partial charge in [0.2, 0.25) is 0 Å². The summed E-state index contributed by atoms with van der Waals surface area (Å²) in [6.45, 7) is 6.57. The predicted molar refractivity (Wildman–Crippen MR) is 90.4 cm³/mol. The molecule has 0 amide bonds. The minimum atomic E-state index is 0.240. The van der Waals surface area contributed by atoms with E-state index in [2.05, 4.69) is 38.1 Å². The van der Waals surface area contributed by atoms with Gasteiger partial charge in [-0.1, -0.05) is 70.2 Å². The third kappa shape index (κ3) is 4.56. The molecular formula is C20H28O. The normalized spacial score (nSPS) is 17.8. The van der Waals surface area contributed by atoms with E-state index >= 15 is 0 Å². The van der Waals surface area contributed by atoms with E-state index in [-0.39, 0.29) is 5.41 Å². The van der Waals surface area contributed by atoms with Crippen LogP contribution >= 0.6 is 0 Å². The fraction of sp³-hybridized carbons (Fsp3) is 0.550. The summed E-state index contributed by atoms with van der Waals surface area (Å²) >= 11 is 0. The van der Waals surface area contributed by atoms with Crippen LogP contribution in [0, 0.1) is 5.92 Å². The summed E-state index contributed by atoms with van der Waals surface area (Å²) in [6, 6.07) is 8.72. The highest BCUT2D eigenvalue weighted by Crippen LogP contribution is 2.36. The maximum atomic E-state index is 10.7. The zero-order valence-electron chi connectivity index (χ0n) is 13.7. The van der Waals surface area contributed by atoms with Crippen molar-refractivity contribution in [1.82, 2.24) is 0 Å². The first-order valence-corrected chi connectivity index (χ1v) is 8.25. The SMILES string of the molecule is CC(C=O)=Cc1ccc(C(C)(C)CC2CCCCC2)cc1. The van der Waals surface area contributed by atoms with Crippen LogP contribution in [0.15, 0.2) is 29.8 Å². The standard InChI is InChI=1S/C20H28O/c1-16(15-21)13-17-9-11-19(12-10-17)20(2,3)14-18-7-5-4-6-8-18/h9-13,15,18H,4-8,14H2,1-3H3. The van der Waals surface area contributed by atoms with Crippen molar-refractivity contribution in [2.75, 3.05) is 0 Å². The maximum absolute atomic E-state index is 10.7. The van der Waals surface area contributed by atoms with Gasteiger partial charge in [0.05, 0.1) is 0 Å². The summed E-state index contributed by atoms with van der Waals surface area (Å²) in [7, 11) is 0. The quantitative estimate of drug-likeness (QED) is 0.512. The molecule has 0 unspecified atom stereocenters. The van der Waals surface area contributed by atoms with Gasteiger partial charge in [-0.05, 0) is 47.5 Å². The molecule has 0 saturated heterocycles. The van der Waals surface area contributed by atoms with Crippen LogP contribution in [-0.4, -0.2) is 6.29 Å². The monoisotopic (exact) mass is 284 g/mol. The van der Waals surface area contributed by atoms with E-state index in [0.29, 0.717) is 0 Å². The van der Waals surface area contributed by atoms with E-state index in [1.165, 1.54) is 44.1 Å². The first-order chi connectivity index (χ1) is 10.0. The van der Waals surface area contributed by atoms with Crippen LogP contribution < -0.4 is 0 Å². The molecule has 0 bridgehead atoms. The van der Waals surface area contributed by atoms with Crippen LogP contribution in [0.4, 0.5) is 0 Å². The second-order valence-corrected chi connectivity index (χ2v) is 7.22. The number of hydrogen-bond donors (Lipinski definition) is 0. The summed E-state index contributed by atoms with van der Waals surface area (Å²) in [4.78, 5) is 10.7. The molecule has 1 aliphatic carbocycles. The Hall–Kier alpha value is -1.37. The molecule has 1 aliphatic rings. The molecule has 1 fully saturated rings. The molecule has 2 rings (SSSR count). The van der Waals surface area contributed by atoms with Gasteiger partial charge in [0, 0.05) is 0 Å². The first kappa shape index (κ1) is 16.0. The van der Waals surface area contributed by atoms with Crippen LogP contribution in [0.5, 0.6) is 0 Å². The van der Waals surface area contributed by atoms with E-state index in [9.17, 15) is 4.79 Å². The molecule has 1 aromatic rings. The van der Waals surface area contributed by atoms with E-state index in [4.69, 9.17) is 0 Å². The Morgan fingerprint density at radius 2 is 1.76 bits per heavy atom. The Kier molecular flexibility index (Phi) is 5.39. The molecule has 0 atom stereocenters. The second kappa shape index (κ2) is 7.06. The van der Waals surface area contributed by atoms with Crippen LogP contribution in [0.2, 0.25) is 0 Å². The summed E-state index contributed by atoms with van der Waals surface area (Å²) in [5, 5.41) is 0. The number of carbonyl (C=O) groups is 1.